The first-order chi connectivity index (χ1) is 26.8. The average molecular weight is 703 g/mol. The topological polar surface area (TPSA) is 17.8 Å². The molecule has 0 radical (unpaired) electrons. The van der Waals surface area contributed by atoms with Gasteiger partial charge in [0.15, 0.2) is 0 Å². The summed E-state index contributed by atoms with van der Waals surface area (Å²) in [6.07, 6.45) is 0. The molecule has 0 spiro atoms. The summed E-state index contributed by atoms with van der Waals surface area (Å²) in [7, 11) is 27.8. The molecule has 254 valence electrons. The van der Waals surface area contributed by atoms with Crippen molar-refractivity contribution in [1.82, 2.24) is 9.55 Å². The van der Waals surface area contributed by atoms with Gasteiger partial charge in [0.05, 0.1) is 11.0 Å². The van der Waals surface area contributed by atoms with Gasteiger partial charge in [0, 0.05) is 17.2 Å². The lowest BCUT2D eigenvalue weighted by molar-refractivity contribution is 1.01. The van der Waals surface area contributed by atoms with E-state index in [-0.39, 0.29) is 5.92 Å². The van der Waals surface area contributed by atoms with Crippen molar-refractivity contribution in [3.63, 3.8) is 0 Å². The molecule has 56 heavy (non-hydrogen) atoms. The SMILES string of the molecule is BC1=C(B)C2C(=C1B)C(c1cccc(-c3nc4ccccc4n3-c3c(B)c(B)c(B)c(B)c3B)c1)=c1c(B)c(B)c(B)c(B)c1=C2c1cccc2ccccc12. The first-order valence-electron chi connectivity index (χ1n) is 20.2. The molecule has 2 aliphatic rings. The van der Waals surface area contributed by atoms with Crippen molar-refractivity contribution in [2.75, 3.05) is 0 Å². The van der Waals surface area contributed by atoms with Crippen LogP contribution in [0.3, 0.4) is 0 Å². The number of nitrogens with zero attached hydrogens (tertiary/aromatic N) is 2. The van der Waals surface area contributed by atoms with E-state index in [0.29, 0.717) is 0 Å². The Morgan fingerprint density at radius 1 is 0.482 bits per heavy atom. The maximum Gasteiger partial charge on any atom is 0.145 e. The van der Waals surface area contributed by atoms with Crippen LogP contribution in [0.5, 0.6) is 0 Å². The molecule has 2 aliphatic carbocycles. The lowest BCUT2D eigenvalue weighted by atomic mass is 9.60. The molecule has 0 saturated heterocycles. The second-order valence-electron chi connectivity index (χ2n) is 16.7. The molecule has 6 aromatic carbocycles. The number of hydrogen-bond acceptors (Lipinski definition) is 1. The van der Waals surface area contributed by atoms with Gasteiger partial charge in [0.1, 0.15) is 100.0 Å². The smallest absolute Gasteiger partial charge is 0.145 e. The third-order valence-electron chi connectivity index (χ3n) is 14.3. The molecule has 0 fully saturated rings. The maximum absolute atomic E-state index is 5.43. The van der Waals surface area contributed by atoms with Crippen LogP contribution in [-0.4, -0.2) is 104 Å². The van der Waals surface area contributed by atoms with Crippen LogP contribution in [0, 0.1) is 5.92 Å². The Kier molecular flexibility index (Phi) is 8.73. The summed E-state index contributed by atoms with van der Waals surface area (Å²) >= 11 is 0. The van der Waals surface area contributed by atoms with Gasteiger partial charge < -0.3 is 0 Å². The normalized spacial score (nSPS) is 15.2. The number of para-hydroxylation sites is 2. The van der Waals surface area contributed by atoms with Crippen molar-refractivity contribution in [3.05, 3.63) is 135 Å². The Morgan fingerprint density at radius 2 is 1.05 bits per heavy atom. The predicted octanol–water partition coefficient (Wildman–Crippen LogP) is -10.4. The molecule has 14 heteroatoms. The van der Waals surface area contributed by atoms with Crippen LogP contribution in [-0.2, 0) is 0 Å². The van der Waals surface area contributed by atoms with Crippen molar-refractivity contribution >= 4 is 176 Å². The van der Waals surface area contributed by atoms with Crippen LogP contribution in [0.2, 0.25) is 0 Å². The number of benzene rings is 6. The van der Waals surface area contributed by atoms with Gasteiger partial charge in [-0.05, 0) is 67.3 Å². The van der Waals surface area contributed by atoms with Gasteiger partial charge in [0.25, 0.3) is 0 Å². The molecule has 0 bridgehead atoms. The van der Waals surface area contributed by atoms with E-state index < -0.39 is 0 Å². The largest absolute Gasteiger partial charge is 0.294 e. The van der Waals surface area contributed by atoms with Gasteiger partial charge in [0.2, 0.25) is 0 Å². The van der Waals surface area contributed by atoms with E-state index in [2.05, 4.69) is 190 Å². The van der Waals surface area contributed by atoms with E-state index in [1.807, 2.05) is 0 Å². The molecule has 2 nitrogen and oxygen atoms in total. The third kappa shape index (κ3) is 5.10. The van der Waals surface area contributed by atoms with E-state index in [9.17, 15) is 0 Å². The summed E-state index contributed by atoms with van der Waals surface area (Å²) in [5, 5.41) is 5.38. The second-order valence-corrected chi connectivity index (χ2v) is 16.7. The van der Waals surface area contributed by atoms with E-state index >= 15 is 0 Å². The first kappa shape index (κ1) is 36.7. The Morgan fingerprint density at radius 3 is 1.79 bits per heavy atom. The van der Waals surface area contributed by atoms with E-state index in [4.69, 9.17) is 4.98 Å². The summed E-state index contributed by atoms with van der Waals surface area (Å²) in [5.41, 5.74) is 27.8. The third-order valence-corrected chi connectivity index (χ3v) is 14.3. The van der Waals surface area contributed by atoms with Crippen LogP contribution >= 0.6 is 0 Å². The van der Waals surface area contributed by atoms with Crippen molar-refractivity contribution in [2.45, 2.75) is 0 Å². The zero-order valence-electron chi connectivity index (χ0n) is 35.1. The summed E-state index contributed by atoms with van der Waals surface area (Å²) < 4.78 is 2.44. The molecule has 0 saturated carbocycles. The molecule has 1 atom stereocenters. The highest BCUT2D eigenvalue weighted by molar-refractivity contribution is 6.68. The van der Waals surface area contributed by atoms with Gasteiger partial charge in [-0.3, -0.25) is 4.57 Å². The minimum absolute atomic E-state index is 0.153. The molecule has 1 heterocycles. The fraction of sp³-hybridized carbons (Fsp3) is 0.0238. The molecule has 9 rings (SSSR count). The highest BCUT2D eigenvalue weighted by Crippen LogP contribution is 2.48. The molecule has 7 aromatic rings. The van der Waals surface area contributed by atoms with Crippen molar-refractivity contribution in [2.24, 2.45) is 5.92 Å². The summed E-state index contributed by atoms with van der Waals surface area (Å²) in [6, 6.07) is 33.7. The van der Waals surface area contributed by atoms with Gasteiger partial charge in [-0.15, -0.1) is 27.3 Å². The van der Waals surface area contributed by atoms with Crippen molar-refractivity contribution in [3.8, 4) is 17.1 Å². The molecule has 1 unspecified atom stereocenters. The molecule has 0 amide bonds. The minimum Gasteiger partial charge on any atom is -0.294 e. The predicted molar refractivity (Wildman–Crippen MR) is 278 cm³/mol. The molecular formula is C42H40B12N2. The summed E-state index contributed by atoms with van der Waals surface area (Å²) in [6.45, 7) is 0. The number of imidazole rings is 1. The van der Waals surface area contributed by atoms with Gasteiger partial charge in [-0.1, -0.05) is 111 Å². The quantitative estimate of drug-likeness (QED) is 0.167. The standard InChI is InChI=1S/C42H40B12N2/c43-29-25-23(17-9-5-10-18(15-17)42-55-21-13-3-4-14-22(21)56(42)41-39(53)37(51)36(50)38(52)40(41)54)26-28(32(46)35(49)34(48)30(26)44)24(27(25)31(45)33(29)47)20-12-6-8-16-7-1-2-11-19(16)20/h1-15,27H,43-54H2. The lowest BCUT2D eigenvalue weighted by Crippen LogP contribution is -2.66. The molecule has 0 aliphatic heterocycles. The Balaban J connectivity index is 1.43. The second kappa shape index (κ2) is 13.3. The molecule has 1 aromatic heterocycles. The van der Waals surface area contributed by atoms with E-state index in [1.54, 1.807) is 0 Å². The number of aromatic nitrogens is 2. The van der Waals surface area contributed by atoms with Crippen LogP contribution in [0.4, 0.5) is 0 Å². The number of fused-ring (bicyclic) bond motifs is 4. The maximum atomic E-state index is 5.43. The van der Waals surface area contributed by atoms with Gasteiger partial charge >= 0.3 is 0 Å². The van der Waals surface area contributed by atoms with Crippen molar-refractivity contribution in [1.29, 1.82) is 0 Å². The van der Waals surface area contributed by atoms with Crippen molar-refractivity contribution < 1.29 is 0 Å². The minimum atomic E-state index is 0.153. The summed E-state index contributed by atoms with van der Waals surface area (Å²) in [4.78, 5) is 5.43. The summed E-state index contributed by atoms with van der Waals surface area (Å²) in [5.74, 6) is 1.13. The zero-order chi connectivity index (χ0) is 39.5. The molecule has 0 N–H and O–H groups in total. The van der Waals surface area contributed by atoms with Crippen LogP contribution in [0.1, 0.15) is 11.1 Å². The Hall–Kier alpha value is -4.95. The number of hydrogen-bond donors (Lipinski definition) is 0. The van der Waals surface area contributed by atoms with Crippen LogP contribution in [0.25, 0.3) is 50.0 Å². The van der Waals surface area contributed by atoms with Crippen LogP contribution < -0.4 is 59.6 Å². The number of allylic oxidation sites excluding steroid dienone is 4. The van der Waals surface area contributed by atoms with E-state index in [1.165, 1.54) is 120 Å². The van der Waals surface area contributed by atoms with E-state index in [0.717, 1.165) is 22.4 Å². The highest BCUT2D eigenvalue weighted by Gasteiger charge is 2.37. The fourth-order valence-corrected chi connectivity index (χ4v) is 10.2. The highest BCUT2D eigenvalue weighted by atomic mass is 15.1. The number of rotatable bonds is 4. The Labute approximate surface area is 341 Å². The van der Waals surface area contributed by atoms with Crippen LogP contribution in [0.15, 0.2) is 113 Å². The average Bonchev–Trinajstić information content (AvgIpc) is 3.70. The van der Waals surface area contributed by atoms with Gasteiger partial charge in [-0.2, -0.15) is 0 Å². The lowest BCUT2D eigenvalue weighted by Gasteiger charge is -2.32. The van der Waals surface area contributed by atoms with Gasteiger partial charge in [-0.25, -0.2) is 4.98 Å². The zero-order valence-corrected chi connectivity index (χ0v) is 35.1. The monoisotopic (exact) mass is 704 g/mol. The first-order valence-corrected chi connectivity index (χ1v) is 20.2. The molecular weight excluding hydrogens is 662 g/mol. The Bertz CT molecular complexity index is 3090. The fourth-order valence-electron chi connectivity index (χ4n) is 10.2.